The van der Waals surface area contributed by atoms with Crippen molar-refractivity contribution in [1.82, 2.24) is 10.6 Å². The smallest absolute Gasteiger partial charge is 0.326 e. The Bertz CT molecular complexity index is 1090. The quantitative estimate of drug-likeness (QED) is 0.446. The molecule has 3 rings (SSSR count). The highest BCUT2D eigenvalue weighted by Crippen LogP contribution is 2.14. The van der Waals surface area contributed by atoms with Crippen LogP contribution in [-0.4, -0.2) is 36.0 Å². The van der Waals surface area contributed by atoms with Crippen LogP contribution in [0.3, 0.4) is 0 Å². The number of hydrogen-bond acceptors (Lipinski definition) is 5. The summed E-state index contributed by atoms with van der Waals surface area (Å²) in [6.07, 6.45) is 2.86. The van der Waals surface area contributed by atoms with E-state index in [4.69, 9.17) is 9.15 Å². The van der Waals surface area contributed by atoms with Crippen LogP contribution in [-0.2, 0) is 16.0 Å². The molecular formula is C24H22N2O6. The van der Waals surface area contributed by atoms with E-state index in [1.165, 1.54) is 25.5 Å². The minimum atomic E-state index is -1.19. The summed E-state index contributed by atoms with van der Waals surface area (Å²) in [5.41, 5.74) is 1.22. The lowest BCUT2D eigenvalue weighted by molar-refractivity contribution is -0.141. The molecule has 0 saturated carbocycles. The van der Waals surface area contributed by atoms with Crippen LogP contribution in [0.2, 0.25) is 0 Å². The molecule has 3 aromatic rings. The number of benzene rings is 2. The Balaban J connectivity index is 1.84. The Morgan fingerprint density at radius 3 is 2.34 bits per heavy atom. The number of amides is 2. The third kappa shape index (κ3) is 6.09. The van der Waals surface area contributed by atoms with Gasteiger partial charge in [0.1, 0.15) is 17.5 Å². The molecule has 0 saturated heterocycles. The third-order valence-electron chi connectivity index (χ3n) is 4.55. The van der Waals surface area contributed by atoms with Gasteiger partial charge in [-0.15, -0.1) is 0 Å². The van der Waals surface area contributed by atoms with Gasteiger partial charge < -0.3 is 24.9 Å². The summed E-state index contributed by atoms with van der Waals surface area (Å²) in [6, 6.07) is 17.5. The van der Waals surface area contributed by atoms with E-state index < -0.39 is 23.8 Å². The van der Waals surface area contributed by atoms with Gasteiger partial charge in [-0.2, -0.15) is 0 Å². The number of aliphatic carboxylic acids is 1. The monoisotopic (exact) mass is 434 g/mol. The van der Waals surface area contributed by atoms with Crippen LogP contribution in [0, 0.1) is 0 Å². The molecule has 0 aliphatic carbocycles. The van der Waals surface area contributed by atoms with Crippen LogP contribution >= 0.6 is 0 Å². The molecule has 1 heterocycles. The molecule has 1 aromatic heterocycles. The lowest BCUT2D eigenvalue weighted by Gasteiger charge is -2.16. The molecule has 8 nitrogen and oxygen atoms in total. The number of methoxy groups -OCH3 is 1. The molecule has 0 bridgehead atoms. The normalized spacial score (nSPS) is 12.0. The van der Waals surface area contributed by atoms with Crippen LogP contribution in [0.15, 0.2) is 83.1 Å². The summed E-state index contributed by atoms with van der Waals surface area (Å²) in [5.74, 6) is -1.94. The van der Waals surface area contributed by atoms with Crippen molar-refractivity contribution in [3.8, 4) is 5.75 Å². The van der Waals surface area contributed by atoms with Gasteiger partial charge in [-0.25, -0.2) is 4.79 Å². The first-order valence-electron chi connectivity index (χ1n) is 9.74. The first-order valence-corrected chi connectivity index (χ1v) is 9.74. The fraction of sp³-hybridized carbons (Fsp3) is 0.125. The van der Waals surface area contributed by atoms with Gasteiger partial charge in [-0.05, 0) is 41.5 Å². The molecular weight excluding hydrogens is 412 g/mol. The second-order valence-electron chi connectivity index (χ2n) is 6.82. The highest BCUT2D eigenvalue weighted by molar-refractivity contribution is 6.05. The number of carboxylic acid groups (broad SMARTS) is 1. The van der Waals surface area contributed by atoms with Gasteiger partial charge in [0.25, 0.3) is 11.8 Å². The first kappa shape index (κ1) is 22.4. The maximum Gasteiger partial charge on any atom is 0.326 e. The van der Waals surface area contributed by atoms with E-state index in [0.29, 0.717) is 11.3 Å². The molecule has 0 radical (unpaired) electrons. The van der Waals surface area contributed by atoms with Crippen LogP contribution in [0.25, 0.3) is 6.08 Å². The van der Waals surface area contributed by atoms with E-state index in [9.17, 15) is 19.5 Å². The molecule has 0 aliphatic rings. The standard InChI is InChI=1S/C24H22N2O6/c1-31-18-11-9-17(10-12-18)14-19(25-23(28)21-8-5-13-32-21)22(27)26-20(24(29)30)15-16-6-3-2-4-7-16/h2-14,20H,15H2,1H3,(H,25,28)(H,26,27)(H,29,30)/b19-14+/t20-/m0/s1. The number of furan rings is 1. The Kier molecular flexibility index (Phi) is 7.42. The molecule has 2 aromatic carbocycles. The number of ether oxygens (including phenoxy) is 1. The molecule has 0 fully saturated rings. The molecule has 0 unspecified atom stereocenters. The van der Waals surface area contributed by atoms with Crippen molar-refractivity contribution in [3.63, 3.8) is 0 Å². The van der Waals surface area contributed by atoms with Gasteiger partial charge in [0, 0.05) is 6.42 Å². The molecule has 3 N–H and O–H groups in total. The summed E-state index contributed by atoms with van der Waals surface area (Å²) >= 11 is 0. The largest absolute Gasteiger partial charge is 0.497 e. The van der Waals surface area contributed by atoms with Crippen LogP contribution in [0.1, 0.15) is 21.7 Å². The zero-order valence-electron chi connectivity index (χ0n) is 17.3. The minimum Gasteiger partial charge on any atom is -0.497 e. The zero-order valence-corrected chi connectivity index (χ0v) is 17.3. The SMILES string of the molecule is COc1ccc(/C=C(/NC(=O)c2ccco2)C(=O)N[C@@H](Cc2ccccc2)C(=O)O)cc1. The van der Waals surface area contributed by atoms with Gasteiger partial charge >= 0.3 is 5.97 Å². The van der Waals surface area contributed by atoms with Crippen molar-refractivity contribution < 1.29 is 28.6 Å². The molecule has 0 spiro atoms. The van der Waals surface area contributed by atoms with Gasteiger partial charge in [0.2, 0.25) is 0 Å². The number of carboxylic acids is 1. The average molecular weight is 434 g/mol. The van der Waals surface area contributed by atoms with Crippen LogP contribution < -0.4 is 15.4 Å². The highest BCUT2D eigenvalue weighted by atomic mass is 16.5. The lowest BCUT2D eigenvalue weighted by atomic mass is 10.1. The fourth-order valence-electron chi connectivity index (χ4n) is 2.90. The lowest BCUT2D eigenvalue weighted by Crippen LogP contribution is -2.45. The van der Waals surface area contributed by atoms with Crippen molar-refractivity contribution in [2.24, 2.45) is 0 Å². The highest BCUT2D eigenvalue weighted by Gasteiger charge is 2.24. The van der Waals surface area contributed by atoms with E-state index in [2.05, 4.69) is 10.6 Å². The molecule has 164 valence electrons. The van der Waals surface area contributed by atoms with Crippen molar-refractivity contribution in [1.29, 1.82) is 0 Å². The van der Waals surface area contributed by atoms with Crippen molar-refractivity contribution in [2.75, 3.05) is 7.11 Å². The summed E-state index contributed by atoms with van der Waals surface area (Å²) < 4.78 is 10.2. The average Bonchev–Trinajstić information content (AvgIpc) is 3.34. The van der Waals surface area contributed by atoms with Crippen LogP contribution in [0.5, 0.6) is 5.75 Å². The van der Waals surface area contributed by atoms with E-state index in [1.54, 1.807) is 54.6 Å². The Morgan fingerprint density at radius 2 is 1.75 bits per heavy atom. The van der Waals surface area contributed by atoms with E-state index in [1.807, 2.05) is 6.07 Å². The van der Waals surface area contributed by atoms with Gasteiger partial charge in [-0.3, -0.25) is 9.59 Å². The number of carbonyl (C=O) groups is 3. The van der Waals surface area contributed by atoms with E-state index >= 15 is 0 Å². The number of rotatable bonds is 9. The van der Waals surface area contributed by atoms with Gasteiger partial charge in [0.15, 0.2) is 5.76 Å². The van der Waals surface area contributed by atoms with E-state index in [-0.39, 0.29) is 17.9 Å². The zero-order chi connectivity index (χ0) is 22.9. The summed E-state index contributed by atoms with van der Waals surface area (Å²) in [4.78, 5) is 37.2. The maximum absolute atomic E-state index is 13.0. The number of carbonyl (C=O) groups excluding carboxylic acids is 2. The maximum atomic E-state index is 13.0. The molecule has 2 amide bonds. The molecule has 8 heteroatoms. The Morgan fingerprint density at radius 1 is 1.03 bits per heavy atom. The second kappa shape index (κ2) is 10.6. The van der Waals surface area contributed by atoms with E-state index in [0.717, 1.165) is 5.56 Å². The van der Waals surface area contributed by atoms with Crippen molar-refractivity contribution in [3.05, 3.63) is 95.6 Å². The predicted octanol–water partition coefficient (Wildman–Crippen LogP) is 2.87. The number of nitrogens with one attached hydrogen (secondary N) is 2. The summed E-state index contributed by atoms with van der Waals surface area (Å²) in [7, 11) is 1.53. The summed E-state index contributed by atoms with van der Waals surface area (Å²) in [6.45, 7) is 0. The minimum absolute atomic E-state index is 0.0116. The van der Waals surface area contributed by atoms with Crippen LogP contribution in [0.4, 0.5) is 0 Å². The third-order valence-corrected chi connectivity index (χ3v) is 4.55. The fourth-order valence-corrected chi connectivity index (χ4v) is 2.90. The Labute approximate surface area is 184 Å². The molecule has 1 atom stereocenters. The molecule has 0 aliphatic heterocycles. The summed E-state index contributed by atoms with van der Waals surface area (Å²) in [5, 5.41) is 14.6. The Hall–Kier alpha value is -4.33. The second-order valence-corrected chi connectivity index (χ2v) is 6.82. The van der Waals surface area contributed by atoms with Gasteiger partial charge in [0.05, 0.1) is 13.4 Å². The van der Waals surface area contributed by atoms with Crippen molar-refractivity contribution in [2.45, 2.75) is 12.5 Å². The van der Waals surface area contributed by atoms with Crippen molar-refractivity contribution >= 4 is 23.9 Å². The first-order chi connectivity index (χ1) is 15.5. The predicted molar refractivity (Wildman–Crippen MR) is 117 cm³/mol. The van der Waals surface area contributed by atoms with Gasteiger partial charge in [-0.1, -0.05) is 42.5 Å². The topological polar surface area (TPSA) is 118 Å². The molecule has 32 heavy (non-hydrogen) atoms. The number of hydrogen-bond donors (Lipinski definition) is 3.